The van der Waals surface area contributed by atoms with Crippen molar-refractivity contribution >= 4 is 29.1 Å². The van der Waals surface area contributed by atoms with Crippen molar-refractivity contribution in [2.75, 3.05) is 6.54 Å². The van der Waals surface area contributed by atoms with Crippen molar-refractivity contribution < 1.29 is 13.6 Å². The van der Waals surface area contributed by atoms with Gasteiger partial charge in [0, 0.05) is 6.42 Å². The highest BCUT2D eigenvalue weighted by Crippen LogP contribution is 2.33. The van der Waals surface area contributed by atoms with Gasteiger partial charge in [-0.25, -0.2) is 8.78 Å². The van der Waals surface area contributed by atoms with Crippen LogP contribution in [0, 0.1) is 11.3 Å². The fourth-order valence-corrected chi connectivity index (χ4v) is 2.53. The van der Waals surface area contributed by atoms with Gasteiger partial charge in [0.2, 0.25) is 5.91 Å². The van der Waals surface area contributed by atoms with Crippen LogP contribution in [-0.4, -0.2) is 29.3 Å². The molecular weight excluding hydrogens is 309 g/mol. The number of amides is 1. The minimum Gasteiger partial charge on any atom is -0.320 e. The van der Waals surface area contributed by atoms with E-state index in [1.165, 1.54) is 0 Å². The smallest absolute Gasteiger partial charge is 0.268 e. The van der Waals surface area contributed by atoms with Gasteiger partial charge in [0.05, 0.1) is 29.1 Å². The predicted octanol–water partition coefficient (Wildman–Crippen LogP) is 3.30. The van der Waals surface area contributed by atoms with Gasteiger partial charge < -0.3 is 4.90 Å². The molecule has 1 amide bonds. The molecule has 1 fully saturated rings. The summed E-state index contributed by atoms with van der Waals surface area (Å²) in [6.07, 6.45) is -0.786. The van der Waals surface area contributed by atoms with Crippen LogP contribution in [0.15, 0.2) is 18.2 Å². The van der Waals surface area contributed by atoms with Crippen LogP contribution < -0.4 is 0 Å². The topological polar surface area (TPSA) is 44.1 Å². The molecule has 1 aromatic carbocycles. The van der Waals surface area contributed by atoms with E-state index in [2.05, 4.69) is 0 Å². The van der Waals surface area contributed by atoms with Gasteiger partial charge in [-0.05, 0) is 11.6 Å². The maximum atomic E-state index is 13.3. The van der Waals surface area contributed by atoms with Crippen molar-refractivity contribution in [2.45, 2.75) is 24.8 Å². The van der Waals surface area contributed by atoms with Gasteiger partial charge in [-0.2, -0.15) is 5.26 Å². The summed E-state index contributed by atoms with van der Waals surface area (Å²) in [5, 5.41) is 9.37. The lowest BCUT2D eigenvalue weighted by atomic mass is 10.1. The molecule has 20 heavy (non-hydrogen) atoms. The molecule has 3 nitrogen and oxygen atoms in total. The summed E-state index contributed by atoms with van der Waals surface area (Å²) in [7, 11) is 0. The third kappa shape index (κ3) is 3.02. The Kier molecular flexibility index (Phi) is 4.17. The normalized spacial score (nSPS) is 20.8. The van der Waals surface area contributed by atoms with E-state index in [1.54, 1.807) is 24.3 Å². The molecule has 1 unspecified atom stereocenters. The number of carbonyl (C=O) groups excluding carboxylic acids is 1. The SMILES string of the molecule is N#CC1CC(F)(F)CN1C(=O)Cc1cccc(Cl)c1Cl. The first kappa shape index (κ1) is 15.0. The number of nitrogens with zero attached hydrogens (tertiary/aromatic N) is 2. The van der Waals surface area contributed by atoms with Crippen LogP contribution >= 0.6 is 23.2 Å². The number of alkyl halides is 2. The van der Waals surface area contributed by atoms with Crippen LogP contribution in [0.4, 0.5) is 8.78 Å². The molecule has 1 aliphatic heterocycles. The van der Waals surface area contributed by atoms with Crippen molar-refractivity contribution in [3.63, 3.8) is 0 Å². The van der Waals surface area contributed by atoms with Crippen molar-refractivity contribution in [1.82, 2.24) is 4.90 Å². The Balaban J connectivity index is 2.16. The van der Waals surface area contributed by atoms with Gasteiger partial charge in [0.15, 0.2) is 0 Å². The Hall–Kier alpha value is -1.38. The average molecular weight is 319 g/mol. The van der Waals surface area contributed by atoms with Crippen LogP contribution in [-0.2, 0) is 11.2 Å². The zero-order valence-corrected chi connectivity index (χ0v) is 11.8. The fourth-order valence-electron chi connectivity index (χ4n) is 2.14. The summed E-state index contributed by atoms with van der Waals surface area (Å²) in [6.45, 7) is -0.734. The second-order valence-electron chi connectivity index (χ2n) is 4.62. The zero-order valence-electron chi connectivity index (χ0n) is 10.2. The lowest BCUT2D eigenvalue weighted by molar-refractivity contribution is -0.131. The molecule has 1 aromatic rings. The molecule has 1 heterocycles. The summed E-state index contributed by atoms with van der Waals surface area (Å²) < 4.78 is 26.6. The third-order valence-corrected chi connectivity index (χ3v) is 3.97. The highest BCUT2D eigenvalue weighted by molar-refractivity contribution is 6.42. The quantitative estimate of drug-likeness (QED) is 0.839. The number of benzene rings is 1. The number of likely N-dealkylation sites (tertiary alicyclic amines) is 1. The standard InChI is InChI=1S/C13H10Cl2F2N2O/c14-10-3-1-2-8(12(10)15)4-11(20)19-7-13(16,17)5-9(19)6-18/h1-3,9H,4-5,7H2. The Morgan fingerprint density at radius 3 is 2.85 bits per heavy atom. The van der Waals surface area contributed by atoms with E-state index in [1.807, 2.05) is 0 Å². The molecule has 0 aliphatic carbocycles. The first-order valence-corrected chi connectivity index (χ1v) is 6.59. The number of hydrogen-bond donors (Lipinski definition) is 0. The molecule has 0 spiro atoms. The van der Waals surface area contributed by atoms with Crippen LogP contribution in [0.5, 0.6) is 0 Å². The first-order valence-electron chi connectivity index (χ1n) is 5.84. The second-order valence-corrected chi connectivity index (χ2v) is 5.40. The molecule has 2 rings (SSSR count). The summed E-state index contributed by atoms with van der Waals surface area (Å²) in [4.78, 5) is 13.0. The molecule has 7 heteroatoms. The minimum atomic E-state index is -3.02. The highest BCUT2D eigenvalue weighted by Gasteiger charge is 2.47. The molecule has 1 saturated heterocycles. The van der Waals surface area contributed by atoms with Crippen LogP contribution in [0.2, 0.25) is 10.0 Å². The summed E-state index contributed by atoms with van der Waals surface area (Å²) in [6, 6.07) is 5.42. The van der Waals surface area contributed by atoms with Crippen LogP contribution in [0.3, 0.4) is 0 Å². The van der Waals surface area contributed by atoms with Crippen molar-refractivity contribution in [2.24, 2.45) is 0 Å². The van der Waals surface area contributed by atoms with Gasteiger partial charge in [-0.1, -0.05) is 35.3 Å². The molecule has 106 valence electrons. The van der Waals surface area contributed by atoms with Gasteiger partial charge in [-0.15, -0.1) is 0 Å². The molecule has 0 aromatic heterocycles. The Morgan fingerprint density at radius 2 is 2.20 bits per heavy atom. The molecule has 1 aliphatic rings. The molecule has 0 bridgehead atoms. The summed E-state index contributed by atoms with van der Waals surface area (Å²) in [5.74, 6) is -3.58. The van der Waals surface area contributed by atoms with E-state index < -0.39 is 30.8 Å². The highest BCUT2D eigenvalue weighted by atomic mass is 35.5. The molecule has 1 atom stereocenters. The van der Waals surface area contributed by atoms with E-state index in [0.717, 1.165) is 4.90 Å². The van der Waals surface area contributed by atoms with E-state index in [4.69, 9.17) is 28.5 Å². The van der Waals surface area contributed by atoms with Gasteiger partial charge in [0.1, 0.15) is 6.04 Å². The fraction of sp³-hybridized carbons (Fsp3) is 0.385. The van der Waals surface area contributed by atoms with Crippen molar-refractivity contribution in [3.05, 3.63) is 33.8 Å². The van der Waals surface area contributed by atoms with Crippen molar-refractivity contribution in [1.29, 1.82) is 5.26 Å². The number of carbonyl (C=O) groups is 1. The largest absolute Gasteiger partial charge is 0.320 e. The Bertz CT molecular complexity index is 586. The summed E-state index contributed by atoms with van der Waals surface area (Å²) >= 11 is 11.8. The van der Waals surface area contributed by atoms with E-state index in [-0.39, 0.29) is 11.4 Å². The second kappa shape index (κ2) is 5.55. The predicted molar refractivity (Wildman–Crippen MR) is 70.8 cm³/mol. The number of nitriles is 1. The van der Waals surface area contributed by atoms with E-state index >= 15 is 0 Å². The molecule has 0 N–H and O–H groups in total. The number of rotatable bonds is 2. The van der Waals surface area contributed by atoms with E-state index in [9.17, 15) is 13.6 Å². The van der Waals surface area contributed by atoms with Gasteiger partial charge in [-0.3, -0.25) is 4.79 Å². The Morgan fingerprint density at radius 1 is 1.50 bits per heavy atom. The van der Waals surface area contributed by atoms with Gasteiger partial charge in [0.25, 0.3) is 5.92 Å². The monoisotopic (exact) mass is 318 g/mol. The molecule has 0 radical (unpaired) electrons. The lowest BCUT2D eigenvalue weighted by Crippen LogP contribution is -2.37. The first-order chi connectivity index (χ1) is 9.34. The number of halogens is 4. The zero-order chi connectivity index (χ0) is 14.9. The summed E-state index contributed by atoms with van der Waals surface area (Å²) in [5.41, 5.74) is 0.455. The average Bonchev–Trinajstić information content (AvgIpc) is 2.70. The van der Waals surface area contributed by atoms with Crippen LogP contribution in [0.25, 0.3) is 0 Å². The van der Waals surface area contributed by atoms with Crippen molar-refractivity contribution in [3.8, 4) is 6.07 Å². The van der Waals surface area contributed by atoms with E-state index in [0.29, 0.717) is 10.6 Å². The van der Waals surface area contributed by atoms with Gasteiger partial charge >= 0.3 is 0 Å². The minimum absolute atomic E-state index is 0.159. The van der Waals surface area contributed by atoms with Crippen LogP contribution in [0.1, 0.15) is 12.0 Å². The maximum Gasteiger partial charge on any atom is 0.268 e. The Labute approximate surface area is 124 Å². The lowest BCUT2D eigenvalue weighted by Gasteiger charge is -2.19. The third-order valence-electron chi connectivity index (χ3n) is 3.11. The maximum absolute atomic E-state index is 13.3. The number of hydrogen-bond acceptors (Lipinski definition) is 2. The molecular formula is C13H10Cl2F2N2O. The molecule has 0 saturated carbocycles.